The molecule has 2 rings (SSSR count). The summed E-state index contributed by atoms with van der Waals surface area (Å²) in [6, 6.07) is 1.69. The van der Waals surface area contributed by atoms with E-state index in [4.69, 9.17) is 0 Å². The van der Waals surface area contributed by atoms with Crippen LogP contribution in [0.3, 0.4) is 0 Å². The van der Waals surface area contributed by atoms with Crippen LogP contribution < -0.4 is 0 Å². The van der Waals surface area contributed by atoms with Crippen LogP contribution in [0.15, 0.2) is 18.2 Å². The van der Waals surface area contributed by atoms with Gasteiger partial charge in [0.05, 0.1) is 29.8 Å². The minimum atomic E-state index is -4.64. The third-order valence-electron chi connectivity index (χ3n) is 2.87. The summed E-state index contributed by atoms with van der Waals surface area (Å²) in [6.45, 7) is 1.43. The molecule has 0 saturated carbocycles. The van der Waals surface area contributed by atoms with Gasteiger partial charge in [0.15, 0.2) is 0 Å². The number of hydrogen-bond donors (Lipinski definition) is 1. The van der Waals surface area contributed by atoms with Crippen molar-refractivity contribution in [2.24, 2.45) is 0 Å². The number of hydrogen-bond acceptors (Lipinski definition) is 2. The number of halogens is 4. The molecule has 104 valence electrons. The largest absolute Gasteiger partial charge is 0.416 e. The van der Waals surface area contributed by atoms with Gasteiger partial charge in [0.1, 0.15) is 5.82 Å². The van der Waals surface area contributed by atoms with Gasteiger partial charge in [-0.3, -0.25) is 4.79 Å². The predicted octanol–water partition coefficient (Wildman–Crippen LogP) is 2.05. The Morgan fingerprint density at radius 1 is 1.37 bits per heavy atom. The van der Waals surface area contributed by atoms with E-state index in [1.165, 1.54) is 6.92 Å². The number of amides is 1. The third kappa shape index (κ3) is 2.70. The van der Waals surface area contributed by atoms with Crippen LogP contribution in [0.1, 0.15) is 22.8 Å². The minimum Gasteiger partial charge on any atom is -0.386 e. The van der Waals surface area contributed by atoms with Gasteiger partial charge in [0, 0.05) is 0 Å². The number of rotatable bonds is 1. The molecule has 1 heterocycles. The SMILES string of the molecule is CC1(O)CN(C(=O)c2cc(C(F)(F)F)ccc2F)C1. The van der Waals surface area contributed by atoms with Crippen LogP contribution in [0, 0.1) is 5.82 Å². The van der Waals surface area contributed by atoms with E-state index in [9.17, 15) is 27.5 Å². The fraction of sp³-hybridized carbons (Fsp3) is 0.417. The predicted molar refractivity (Wildman–Crippen MR) is 57.9 cm³/mol. The number of β-amino-alcohol motifs (C(OH)–C–C–N with tert-alkyl or cyclic N) is 1. The third-order valence-corrected chi connectivity index (χ3v) is 2.87. The topological polar surface area (TPSA) is 40.5 Å². The fourth-order valence-electron chi connectivity index (χ4n) is 1.96. The molecule has 1 aromatic carbocycles. The van der Waals surface area contributed by atoms with E-state index in [1.54, 1.807) is 0 Å². The second-order valence-corrected chi connectivity index (χ2v) is 4.85. The highest BCUT2D eigenvalue weighted by molar-refractivity contribution is 5.95. The van der Waals surface area contributed by atoms with Crippen LogP contribution in [-0.2, 0) is 6.18 Å². The molecule has 19 heavy (non-hydrogen) atoms. The molecule has 1 fully saturated rings. The molecule has 1 amide bonds. The highest BCUT2D eigenvalue weighted by Crippen LogP contribution is 2.31. The Balaban J connectivity index is 2.27. The molecule has 0 aromatic heterocycles. The zero-order valence-corrected chi connectivity index (χ0v) is 9.96. The van der Waals surface area contributed by atoms with Crippen molar-refractivity contribution in [3.05, 3.63) is 35.1 Å². The van der Waals surface area contributed by atoms with Crippen molar-refractivity contribution >= 4 is 5.91 Å². The monoisotopic (exact) mass is 277 g/mol. The normalized spacial score (nSPS) is 18.1. The van der Waals surface area contributed by atoms with Gasteiger partial charge in [-0.2, -0.15) is 13.2 Å². The molecule has 0 bridgehead atoms. The summed E-state index contributed by atoms with van der Waals surface area (Å²) in [5.41, 5.74) is -2.77. The molecule has 1 aromatic rings. The van der Waals surface area contributed by atoms with Crippen molar-refractivity contribution < 1.29 is 27.5 Å². The highest BCUT2D eigenvalue weighted by Gasteiger charge is 2.41. The Bertz CT molecular complexity index is 517. The van der Waals surface area contributed by atoms with Gasteiger partial charge in [0.2, 0.25) is 0 Å². The van der Waals surface area contributed by atoms with Gasteiger partial charge in [-0.05, 0) is 25.1 Å². The molecular weight excluding hydrogens is 266 g/mol. The Labute approximate surface area is 106 Å². The summed E-state index contributed by atoms with van der Waals surface area (Å²) in [5, 5.41) is 9.46. The Kier molecular flexibility index (Phi) is 3.04. The lowest BCUT2D eigenvalue weighted by Crippen LogP contribution is -2.61. The lowest BCUT2D eigenvalue weighted by molar-refractivity contribution is -0.137. The van der Waals surface area contributed by atoms with E-state index < -0.39 is 34.6 Å². The van der Waals surface area contributed by atoms with Gasteiger partial charge in [0.25, 0.3) is 5.91 Å². The van der Waals surface area contributed by atoms with Gasteiger partial charge in [-0.25, -0.2) is 4.39 Å². The van der Waals surface area contributed by atoms with Crippen molar-refractivity contribution in [2.75, 3.05) is 13.1 Å². The second-order valence-electron chi connectivity index (χ2n) is 4.85. The molecule has 1 aliphatic heterocycles. The number of carbonyl (C=O) groups is 1. The van der Waals surface area contributed by atoms with Gasteiger partial charge >= 0.3 is 6.18 Å². The van der Waals surface area contributed by atoms with E-state index in [1.807, 2.05) is 0 Å². The maximum absolute atomic E-state index is 13.4. The first-order valence-electron chi connectivity index (χ1n) is 5.48. The molecule has 1 N–H and O–H groups in total. The minimum absolute atomic E-state index is 0.0263. The van der Waals surface area contributed by atoms with E-state index in [2.05, 4.69) is 0 Å². The first-order chi connectivity index (χ1) is 8.60. The van der Waals surface area contributed by atoms with Crippen molar-refractivity contribution in [1.82, 2.24) is 4.90 Å². The number of alkyl halides is 3. The Morgan fingerprint density at radius 2 is 1.95 bits per heavy atom. The van der Waals surface area contributed by atoms with Crippen LogP contribution in [0.2, 0.25) is 0 Å². The summed E-state index contributed by atoms with van der Waals surface area (Å²) in [6.07, 6.45) is -4.64. The van der Waals surface area contributed by atoms with Crippen LogP contribution in [0.25, 0.3) is 0 Å². The molecule has 1 saturated heterocycles. The smallest absolute Gasteiger partial charge is 0.386 e. The molecule has 0 radical (unpaired) electrons. The van der Waals surface area contributed by atoms with Crippen LogP contribution in [0.4, 0.5) is 17.6 Å². The van der Waals surface area contributed by atoms with Crippen molar-refractivity contribution in [2.45, 2.75) is 18.7 Å². The van der Waals surface area contributed by atoms with E-state index in [0.29, 0.717) is 18.2 Å². The summed E-state index contributed by atoms with van der Waals surface area (Å²) in [4.78, 5) is 12.9. The Morgan fingerprint density at radius 3 is 2.42 bits per heavy atom. The van der Waals surface area contributed by atoms with Crippen molar-refractivity contribution in [3.8, 4) is 0 Å². The van der Waals surface area contributed by atoms with E-state index >= 15 is 0 Å². The molecule has 0 unspecified atom stereocenters. The number of carbonyl (C=O) groups excluding carboxylic acids is 1. The van der Waals surface area contributed by atoms with Crippen LogP contribution in [-0.4, -0.2) is 34.6 Å². The number of nitrogens with zero attached hydrogens (tertiary/aromatic N) is 1. The first kappa shape index (κ1) is 13.8. The van der Waals surface area contributed by atoms with Gasteiger partial charge in [-0.15, -0.1) is 0 Å². The zero-order valence-electron chi connectivity index (χ0n) is 9.96. The average molecular weight is 277 g/mol. The molecule has 0 atom stereocenters. The second kappa shape index (κ2) is 4.19. The molecule has 3 nitrogen and oxygen atoms in total. The summed E-state index contributed by atoms with van der Waals surface area (Å²) in [5.74, 6) is -1.86. The molecule has 1 aliphatic rings. The lowest BCUT2D eigenvalue weighted by atomic mass is 9.95. The summed E-state index contributed by atoms with van der Waals surface area (Å²) < 4.78 is 50.9. The number of likely N-dealkylation sites (tertiary alicyclic amines) is 1. The number of benzene rings is 1. The molecule has 0 aliphatic carbocycles. The van der Waals surface area contributed by atoms with E-state index in [-0.39, 0.29) is 13.1 Å². The van der Waals surface area contributed by atoms with Crippen molar-refractivity contribution in [1.29, 1.82) is 0 Å². The maximum atomic E-state index is 13.4. The Hall–Kier alpha value is -1.63. The highest BCUT2D eigenvalue weighted by atomic mass is 19.4. The molecule has 0 spiro atoms. The molecular formula is C12H11F4NO2. The quantitative estimate of drug-likeness (QED) is 0.798. The van der Waals surface area contributed by atoms with Crippen LogP contribution in [0.5, 0.6) is 0 Å². The maximum Gasteiger partial charge on any atom is 0.416 e. The number of aliphatic hydroxyl groups is 1. The standard InChI is InChI=1S/C12H11F4NO2/c1-11(19)5-17(6-11)10(18)8-4-7(12(14,15)16)2-3-9(8)13/h2-4,19H,5-6H2,1H3. The average Bonchev–Trinajstić information content (AvgIpc) is 2.23. The zero-order chi connectivity index (χ0) is 14.4. The first-order valence-corrected chi connectivity index (χ1v) is 5.48. The lowest BCUT2D eigenvalue weighted by Gasteiger charge is -2.44. The van der Waals surface area contributed by atoms with Gasteiger partial charge in [-0.1, -0.05) is 0 Å². The van der Waals surface area contributed by atoms with Crippen molar-refractivity contribution in [3.63, 3.8) is 0 Å². The molecule has 7 heteroatoms. The van der Waals surface area contributed by atoms with Gasteiger partial charge < -0.3 is 10.0 Å². The van der Waals surface area contributed by atoms with Crippen LogP contribution >= 0.6 is 0 Å². The summed E-state index contributed by atoms with van der Waals surface area (Å²) >= 11 is 0. The summed E-state index contributed by atoms with van der Waals surface area (Å²) in [7, 11) is 0. The van der Waals surface area contributed by atoms with E-state index in [0.717, 1.165) is 4.90 Å². The fourth-order valence-corrected chi connectivity index (χ4v) is 1.96.